The fourth-order valence-electron chi connectivity index (χ4n) is 1.94. The molecule has 0 saturated carbocycles. The Hall–Kier alpha value is -1.75. The van der Waals surface area contributed by atoms with Crippen molar-refractivity contribution in [3.8, 4) is 0 Å². The summed E-state index contributed by atoms with van der Waals surface area (Å²) in [7, 11) is 0. The highest BCUT2D eigenvalue weighted by Gasteiger charge is 2.06. The largest absolute Gasteiger partial charge is 0.331 e. The van der Waals surface area contributed by atoms with E-state index in [0.29, 0.717) is 18.2 Å². The molecule has 0 radical (unpaired) electrons. The van der Waals surface area contributed by atoms with Crippen LogP contribution in [-0.2, 0) is 13.1 Å². The van der Waals surface area contributed by atoms with Crippen molar-refractivity contribution in [3.63, 3.8) is 0 Å². The minimum absolute atomic E-state index is 0.285. The number of benzene rings is 1. The van der Waals surface area contributed by atoms with Gasteiger partial charge in [-0.25, -0.2) is 13.8 Å². The van der Waals surface area contributed by atoms with Crippen LogP contribution in [0, 0.1) is 11.6 Å². The lowest BCUT2D eigenvalue weighted by Gasteiger charge is -2.12. The van der Waals surface area contributed by atoms with Gasteiger partial charge >= 0.3 is 0 Å². The molecule has 2 rings (SSSR count). The molecule has 0 saturated heterocycles. The topological polar surface area (TPSA) is 29.9 Å². The van der Waals surface area contributed by atoms with Crippen LogP contribution >= 0.6 is 0 Å². The van der Waals surface area contributed by atoms with E-state index >= 15 is 0 Å². The highest BCUT2D eigenvalue weighted by Crippen LogP contribution is 2.11. The Bertz CT molecular complexity index is 549. The number of aromatic nitrogens is 2. The minimum atomic E-state index is -0.426. The van der Waals surface area contributed by atoms with Gasteiger partial charge in [0.1, 0.15) is 11.6 Å². The van der Waals surface area contributed by atoms with Gasteiger partial charge in [0, 0.05) is 30.9 Å². The zero-order chi connectivity index (χ0) is 13.8. The van der Waals surface area contributed by atoms with Crippen LogP contribution in [0.4, 0.5) is 8.78 Å². The molecule has 0 unspecified atom stereocenters. The summed E-state index contributed by atoms with van der Waals surface area (Å²) in [6.07, 6.45) is 3.54. The smallest absolute Gasteiger partial charge is 0.127 e. The number of nitrogens with zero attached hydrogens (tertiary/aromatic N) is 2. The molecule has 19 heavy (non-hydrogen) atoms. The van der Waals surface area contributed by atoms with Crippen molar-refractivity contribution in [2.45, 2.75) is 33.0 Å². The van der Waals surface area contributed by atoms with Crippen LogP contribution in [-0.4, -0.2) is 9.55 Å². The maximum absolute atomic E-state index is 13.4. The predicted octanol–water partition coefficient (Wildman–Crippen LogP) is 3.03. The average Bonchev–Trinajstić information content (AvgIpc) is 2.82. The number of rotatable bonds is 5. The normalized spacial score (nSPS) is 11.2. The summed E-state index contributed by atoms with van der Waals surface area (Å²) >= 11 is 0. The monoisotopic (exact) mass is 265 g/mol. The van der Waals surface area contributed by atoms with Gasteiger partial charge in [0.05, 0.1) is 12.0 Å². The van der Waals surface area contributed by atoms with Crippen LogP contribution in [0.5, 0.6) is 0 Å². The molecule has 0 aliphatic heterocycles. The lowest BCUT2D eigenvalue weighted by molar-refractivity contribution is 0.538. The highest BCUT2D eigenvalue weighted by atomic mass is 19.1. The Labute approximate surface area is 111 Å². The standard InChI is InChI=1S/C14H17F2N3/c1-10(2)19-9-18-8-13(19)7-17-6-11-5-12(15)3-4-14(11)16/h3-5,8-10,17H,6-7H2,1-2H3. The molecule has 1 aromatic heterocycles. The van der Waals surface area contributed by atoms with E-state index in [1.165, 1.54) is 6.07 Å². The molecule has 0 aliphatic carbocycles. The second-order valence-electron chi connectivity index (χ2n) is 4.73. The third kappa shape index (κ3) is 3.38. The molecule has 102 valence electrons. The van der Waals surface area contributed by atoms with Gasteiger partial charge in [-0.1, -0.05) is 0 Å². The Morgan fingerprint density at radius 2 is 2.05 bits per heavy atom. The number of nitrogens with one attached hydrogen (secondary N) is 1. The van der Waals surface area contributed by atoms with E-state index in [2.05, 4.69) is 24.1 Å². The number of hydrogen-bond acceptors (Lipinski definition) is 2. The van der Waals surface area contributed by atoms with Crippen LogP contribution in [0.1, 0.15) is 31.1 Å². The lowest BCUT2D eigenvalue weighted by Crippen LogP contribution is -2.17. The molecule has 2 aromatic rings. The highest BCUT2D eigenvalue weighted by molar-refractivity contribution is 5.18. The molecule has 0 spiro atoms. The predicted molar refractivity (Wildman–Crippen MR) is 69.5 cm³/mol. The van der Waals surface area contributed by atoms with Crippen molar-refractivity contribution in [2.75, 3.05) is 0 Å². The van der Waals surface area contributed by atoms with Gasteiger partial charge in [0.25, 0.3) is 0 Å². The molecule has 0 fully saturated rings. The first kappa shape index (κ1) is 13.7. The second kappa shape index (κ2) is 5.93. The van der Waals surface area contributed by atoms with E-state index in [4.69, 9.17) is 0 Å². The van der Waals surface area contributed by atoms with Gasteiger partial charge < -0.3 is 9.88 Å². The lowest BCUT2D eigenvalue weighted by atomic mass is 10.2. The van der Waals surface area contributed by atoms with E-state index in [9.17, 15) is 8.78 Å². The van der Waals surface area contributed by atoms with Crippen LogP contribution in [0.15, 0.2) is 30.7 Å². The summed E-state index contributed by atoms with van der Waals surface area (Å²) in [5.41, 5.74) is 1.35. The van der Waals surface area contributed by atoms with Crippen molar-refractivity contribution in [1.82, 2.24) is 14.9 Å². The zero-order valence-corrected chi connectivity index (χ0v) is 11.0. The first-order chi connectivity index (χ1) is 9.08. The Balaban J connectivity index is 1.96. The summed E-state index contributed by atoms with van der Waals surface area (Å²) in [4.78, 5) is 4.09. The van der Waals surface area contributed by atoms with E-state index in [1.807, 2.05) is 4.57 Å². The summed E-state index contributed by atoms with van der Waals surface area (Å²) in [5.74, 6) is -0.823. The van der Waals surface area contributed by atoms with E-state index in [0.717, 1.165) is 17.8 Å². The fraction of sp³-hybridized carbons (Fsp3) is 0.357. The molecule has 0 amide bonds. The molecule has 1 heterocycles. The van der Waals surface area contributed by atoms with Gasteiger partial charge in [-0.15, -0.1) is 0 Å². The van der Waals surface area contributed by atoms with Crippen molar-refractivity contribution < 1.29 is 8.78 Å². The van der Waals surface area contributed by atoms with Crippen molar-refractivity contribution in [3.05, 3.63) is 53.6 Å². The molecule has 5 heteroatoms. The van der Waals surface area contributed by atoms with Crippen molar-refractivity contribution >= 4 is 0 Å². The van der Waals surface area contributed by atoms with Gasteiger partial charge in [0.2, 0.25) is 0 Å². The van der Waals surface area contributed by atoms with Gasteiger partial charge in [-0.3, -0.25) is 0 Å². The molecule has 0 atom stereocenters. The first-order valence-electron chi connectivity index (χ1n) is 6.23. The third-order valence-electron chi connectivity index (χ3n) is 2.93. The van der Waals surface area contributed by atoms with Crippen LogP contribution in [0.25, 0.3) is 0 Å². The molecule has 0 aliphatic rings. The van der Waals surface area contributed by atoms with Crippen molar-refractivity contribution in [1.29, 1.82) is 0 Å². The Morgan fingerprint density at radius 3 is 2.79 bits per heavy atom. The first-order valence-corrected chi connectivity index (χ1v) is 6.23. The molecule has 0 bridgehead atoms. The van der Waals surface area contributed by atoms with Crippen molar-refractivity contribution in [2.24, 2.45) is 0 Å². The summed E-state index contributed by atoms with van der Waals surface area (Å²) in [6, 6.07) is 3.80. The van der Waals surface area contributed by atoms with Crippen LogP contribution in [0.3, 0.4) is 0 Å². The summed E-state index contributed by atoms with van der Waals surface area (Å²) in [5, 5.41) is 3.10. The van der Waals surface area contributed by atoms with Crippen LogP contribution < -0.4 is 5.32 Å². The molecule has 3 nitrogen and oxygen atoms in total. The third-order valence-corrected chi connectivity index (χ3v) is 2.93. The zero-order valence-electron chi connectivity index (χ0n) is 11.0. The van der Waals surface area contributed by atoms with E-state index in [1.54, 1.807) is 12.5 Å². The van der Waals surface area contributed by atoms with E-state index < -0.39 is 11.6 Å². The Morgan fingerprint density at radius 1 is 1.26 bits per heavy atom. The average molecular weight is 265 g/mol. The van der Waals surface area contributed by atoms with Gasteiger partial charge in [-0.05, 0) is 32.0 Å². The fourth-order valence-corrected chi connectivity index (χ4v) is 1.94. The maximum Gasteiger partial charge on any atom is 0.127 e. The molecule has 1 aromatic carbocycles. The summed E-state index contributed by atoms with van der Waals surface area (Å²) < 4.78 is 28.5. The molecular formula is C14H17F2N3. The summed E-state index contributed by atoms with van der Waals surface area (Å²) in [6.45, 7) is 4.98. The molecular weight excluding hydrogens is 248 g/mol. The molecule has 1 N–H and O–H groups in total. The number of halogens is 2. The SMILES string of the molecule is CC(C)n1cncc1CNCc1cc(F)ccc1F. The number of hydrogen-bond donors (Lipinski definition) is 1. The number of imidazole rings is 1. The second-order valence-corrected chi connectivity index (χ2v) is 4.73. The minimum Gasteiger partial charge on any atom is -0.331 e. The van der Waals surface area contributed by atoms with Gasteiger partial charge in [-0.2, -0.15) is 0 Å². The Kier molecular flexibility index (Phi) is 4.27. The van der Waals surface area contributed by atoms with Gasteiger partial charge in [0.15, 0.2) is 0 Å². The van der Waals surface area contributed by atoms with E-state index in [-0.39, 0.29) is 6.54 Å². The maximum atomic E-state index is 13.4. The van der Waals surface area contributed by atoms with Crippen LogP contribution in [0.2, 0.25) is 0 Å². The quantitative estimate of drug-likeness (QED) is 0.900.